The number of nitrogens with one attached hydrogen (secondary N) is 2. The molecule has 2 heterocycles. The third kappa shape index (κ3) is 3.48. The van der Waals surface area contributed by atoms with Crippen molar-refractivity contribution in [2.75, 3.05) is 26.2 Å². The highest BCUT2D eigenvalue weighted by Crippen LogP contribution is 2.22. The Balaban J connectivity index is 1.86. The van der Waals surface area contributed by atoms with Crippen molar-refractivity contribution >= 4 is 22.7 Å². The molecule has 7 nitrogen and oxygen atoms in total. The van der Waals surface area contributed by atoms with Crippen LogP contribution in [0.3, 0.4) is 0 Å². The number of aromatic nitrogens is 1. The highest BCUT2D eigenvalue weighted by Gasteiger charge is 2.30. The van der Waals surface area contributed by atoms with Crippen LogP contribution >= 0.6 is 0 Å². The van der Waals surface area contributed by atoms with Gasteiger partial charge in [0, 0.05) is 37.1 Å². The summed E-state index contributed by atoms with van der Waals surface area (Å²) in [6, 6.07) is 7.42. The lowest BCUT2D eigenvalue weighted by Gasteiger charge is -2.32. The van der Waals surface area contributed by atoms with Crippen LogP contribution in [0.4, 0.5) is 0 Å². The molecule has 138 valence electrons. The van der Waals surface area contributed by atoms with Crippen LogP contribution in [0.15, 0.2) is 29.1 Å². The van der Waals surface area contributed by atoms with Crippen molar-refractivity contribution in [1.29, 1.82) is 0 Å². The van der Waals surface area contributed by atoms with Crippen molar-refractivity contribution in [3.8, 4) is 0 Å². The first-order chi connectivity index (χ1) is 12.5. The van der Waals surface area contributed by atoms with E-state index in [4.69, 9.17) is 5.73 Å². The van der Waals surface area contributed by atoms with Crippen LogP contribution in [0.1, 0.15) is 28.8 Å². The van der Waals surface area contributed by atoms with Gasteiger partial charge in [0.05, 0.1) is 5.92 Å². The molecule has 4 N–H and O–H groups in total. The lowest BCUT2D eigenvalue weighted by Crippen LogP contribution is -2.47. The van der Waals surface area contributed by atoms with E-state index in [0.717, 1.165) is 18.2 Å². The fraction of sp³-hybridized carbons (Fsp3) is 0.421. The lowest BCUT2D eigenvalue weighted by atomic mass is 9.95. The van der Waals surface area contributed by atoms with Crippen LogP contribution in [0.5, 0.6) is 0 Å². The molecule has 1 atom stereocenters. The Bertz CT molecular complexity index is 890. The minimum atomic E-state index is -0.388. The second kappa shape index (κ2) is 7.70. The van der Waals surface area contributed by atoms with E-state index >= 15 is 0 Å². The van der Waals surface area contributed by atoms with Crippen LogP contribution in [-0.4, -0.2) is 47.9 Å². The van der Waals surface area contributed by atoms with Crippen molar-refractivity contribution in [1.82, 2.24) is 15.2 Å². The Morgan fingerprint density at radius 1 is 1.35 bits per heavy atom. The Kier molecular flexibility index (Phi) is 5.37. The number of carbonyl (C=O) groups excluding carboxylic acids is 2. The van der Waals surface area contributed by atoms with Gasteiger partial charge >= 0.3 is 0 Å². The third-order valence-electron chi connectivity index (χ3n) is 4.92. The second-order valence-electron chi connectivity index (χ2n) is 6.67. The van der Waals surface area contributed by atoms with Gasteiger partial charge in [-0.25, -0.2) is 0 Å². The molecular weight excluding hydrogens is 332 g/mol. The summed E-state index contributed by atoms with van der Waals surface area (Å²) in [6.07, 6.45) is 1.46. The molecule has 1 saturated heterocycles. The number of amides is 2. The molecule has 0 spiro atoms. The molecule has 2 aromatic rings. The first kappa shape index (κ1) is 18.1. The molecule has 1 fully saturated rings. The summed E-state index contributed by atoms with van der Waals surface area (Å²) < 4.78 is 0. The highest BCUT2D eigenvalue weighted by molar-refractivity contribution is 6.00. The number of likely N-dealkylation sites (tertiary alicyclic amines) is 1. The molecular formula is C19H24N4O3. The normalized spacial score (nSPS) is 17.3. The summed E-state index contributed by atoms with van der Waals surface area (Å²) in [5, 5.41) is 3.63. The largest absolute Gasteiger partial charge is 0.355 e. The molecule has 26 heavy (non-hydrogen) atoms. The maximum atomic E-state index is 13.0. The standard InChI is InChI=1S/C19H24N4O3/c1-12-14-6-2-3-7-15(14)22-18(25)16(12)19(26)23-10-4-5-13(11-23)17(24)21-9-8-20/h2-3,6-7,13H,4-5,8-11,20H2,1H3,(H,21,24)(H,22,25). The first-order valence-electron chi connectivity index (χ1n) is 8.91. The number of fused-ring (bicyclic) bond motifs is 1. The number of H-pyrrole nitrogens is 1. The first-order valence-corrected chi connectivity index (χ1v) is 8.91. The van der Waals surface area contributed by atoms with Gasteiger partial charge in [0.1, 0.15) is 5.56 Å². The van der Waals surface area contributed by atoms with Gasteiger partial charge in [-0.1, -0.05) is 18.2 Å². The predicted molar refractivity (Wildman–Crippen MR) is 100.0 cm³/mol. The Labute approximate surface area is 151 Å². The second-order valence-corrected chi connectivity index (χ2v) is 6.67. The zero-order valence-corrected chi connectivity index (χ0v) is 14.9. The summed E-state index contributed by atoms with van der Waals surface area (Å²) in [4.78, 5) is 42.1. The van der Waals surface area contributed by atoms with Crippen molar-refractivity contribution < 1.29 is 9.59 Å². The quantitative estimate of drug-likeness (QED) is 0.751. The number of aryl methyl sites for hydroxylation is 1. The van der Waals surface area contributed by atoms with Gasteiger partial charge in [0.15, 0.2) is 0 Å². The number of benzene rings is 1. The molecule has 0 radical (unpaired) electrons. The summed E-state index contributed by atoms with van der Waals surface area (Å²) in [5.74, 6) is -0.665. The molecule has 1 aromatic carbocycles. The fourth-order valence-corrected chi connectivity index (χ4v) is 3.54. The monoisotopic (exact) mass is 356 g/mol. The number of aromatic amines is 1. The molecule has 1 unspecified atom stereocenters. The fourth-order valence-electron chi connectivity index (χ4n) is 3.54. The van der Waals surface area contributed by atoms with E-state index in [0.29, 0.717) is 37.3 Å². The van der Waals surface area contributed by atoms with Gasteiger partial charge in [-0.3, -0.25) is 14.4 Å². The average molecular weight is 356 g/mol. The van der Waals surface area contributed by atoms with E-state index in [9.17, 15) is 14.4 Å². The lowest BCUT2D eigenvalue weighted by molar-refractivity contribution is -0.126. The maximum Gasteiger partial charge on any atom is 0.261 e. The predicted octanol–water partition coefficient (Wildman–Crippen LogP) is 0.764. The maximum absolute atomic E-state index is 13.0. The minimum Gasteiger partial charge on any atom is -0.355 e. The Hall–Kier alpha value is -2.67. The van der Waals surface area contributed by atoms with Gasteiger partial charge in [-0.2, -0.15) is 0 Å². The van der Waals surface area contributed by atoms with E-state index in [1.165, 1.54) is 0 Å². The Morgan fingerprint density at radius 3 is 2.88 bits per heavy atom. The number of hydrogen-bond donors (Lipinski definition) is 3. The van der Waals surface area contributed by atoms with E-state index in [-0.39, 0.29) is 28.9 Å². The summed E-state index contributed by atoms with van der Waals surface area (Å²) in [6.45, 7) is 3.46. The number of nitrogens with zero attached hydrogens (tertiary/aromatic N) is 1. The molecule has 1 aliphatic heterocycles. The summed E-state index contributed by atoms with van der Waals surface area (Å²) in [5.41, 5.74) is 6.57. The SMILES string of the molecule is Cc1c(C(=O)N2CCCC(C(=O)NCCN)C2)c(=O)[nH]c2ccccc12. The number of rotatable bonds is 4. The van der Waals surface area contributed by atoms with Crippen LogP contribution in [0.25, 0.3) is 10.9 Å². The van der Waals surface area contributed by atoms with Crippen molar-refractivity contribution in [2.24, 2.45) is 11.7 Å². The minimum absolute atomic E-state index is 0.0860. The third-order valence-corrected chi connectivity index (χ3v) is 4.92. The summed E-state index contributed by atoms with van der Waals surface area (Å²) in [7, 11) is 0. The zero-order chi connectivity index (χ0) is 18.7. The van der Waals surface area contributed by atoms with E-state index in [1.54, 1.807) is 11.8 Å². The van der Waals surface area contributed by atoms with Gasteiger partial charge in [-0.05, 0) is 31.4 Å². The van der Waals surface area contributed by atoms with Crippen molar-refractivity contribution in [2.45, 2.75) is 19.8 Å². The molecule has 1 aliphatic rings. The molecule has 0 saturated carbocycles. The molecule has 0 aliphatic carbocycles. The number of pyridine rings is 1. The topological polar surface area (TPSA) is 108 Å². The number of piperidine rings is 1. The number of carbonyl (C=O) groups is 2. The highest BCUT2D eigenvalue weighted by atomic mass is 16.2. The summed E-state index contributed by atoms with van der Waals surface area (Å²) >= 11 is 0. The number of nitrogens with two attached hydrogens (primary N) is 1. The van der Waals surface area contributed by atoms with Gasteiger partial charge in [0.25, 0.3) is 11.5 Å². The van der Waals surface area contributed by atoms with Crippen molar-refractivity contribution in [3.63, 3.8) is 0 Å². The van der Waals surface area contributed by atoms with E-state index in [1.807, 2.05) is 24.3 Å². The van der Waals surface area contributed by atoms with Crippen molar-refractivity contribution in [3.05, 3.63) is 45.7 Å². The van der Waals surface area contributed by atoms with Gasteiger partial charge < -0.3 is 20.9 Å². The van der Waals surface area contributed by atoms with E-state index < -0.39 is 0 Å². The molecule has 1 aromatic heterocycles. The molecule has 2 amide bonds. The Morgan fingerprint density at radius 2 is 2.12 bits per heavy atom. The average Bonchev–Trinajstić information content (AvgIpc) is 2.66. The van der Waals surface area contributed by atoms with E-state index in [2.05, 4.69) is 10.3 Å². The van der Waals surface area contributed by atoms with Gasteiger partial charge in [-0.15, -0.1) is 0 Å². The number of hydrogen-bond acceptors (Lipinski definition) is 4. The number of para-hydroxylation sites is 1. The zero-order valence-electron chi connectivity index (χ0n) is 14.9. The van der Waals surface area contributed by atoms with Crippen LogP contribution in [0.2, 0.25) is 0 Å². The van der Waals surface area contributed by atoms with Crippen LogP contribution in [0, 0.1) is 12.8 Å². The molecule has 0 bridgehead atoms. The molecule has 7 heteroatoms. The van der Waals surface area contributed by atoms with Gasteiger partial charge in [0.2, 0.25) is 5.91 Å². The van der Waals surface area contributed by atoms with Crippen LogP contribution < -0.4 is 16.6 Å². The smallest absolute Gasteiger partial charge is 0.261 e. The molecule has 3 rings (SSSR count). The van der Waals surface area contributed by atoms with Crippen LogP contribution in [-0.2, 0) is 4.79 Å².